The van der Waals surface area contributed by atoms with E-state index in [1.165, 1.54) is 39.0 Å². The van der Waals surface area contributed by atoms with Gasteiger partial charge in [0.25, 0.3) is 0 Å². The molecule has 5 aromatic carbocycles. The van der Waals surface area contributed by atoms with E-state index in [2.05, 4.69) is 171 Å². The minimum atomic E-state index is 0.794. The molecule has 0 amide bonds. The molecule has 0 radical (unpaired) electrons. The Bertz CT molecular complexity index is 2180. The number of para-hydroxylation sites is 1. The van der Waals surface area contributed by atoms with Crippen molar-refractivity contribution < 1.29 is 0 Å². The number of benzene rings is 5. The number of rotatable bonds is 8. The van der Waals surface area contributed by atoms with Gasteiger partial charge in [-0.2, -0.15) is 0 Å². The summed E-state index contributed by atoms with van der Waals surface area (Å²) in [6.45, 7) is 8.83. The zero-order valence-electron chi connectivity index (χ0n) is 27.0. The minimum Gasteiger partial charge on any atom is -0.355 e. The van der Waals surface area contributed by atoms with Crippen molar-refractivity contribution in [3.63, 3.8) is 0 Å². The summed E-state index contributed by atoms with van der Waals surface area (Å²) in [4.78, 5) is 5.06. The van der Waals surface area contributed by atoms with Gasteiger partial charge in [-0.1, -0.05) is 134 Å². The number of anilines is 1. The van der Waals surface area contributed by atoms with Crippen LogP contribution in [-0.4, -0.2) is 4.98 Å². The Balaban J connectivity index is 1.31. The molecule has 0 fully saturated rings. The van der Waals surface area contributed by atoms with Crippen molar-refractivity contribution in [1.82, 2.24) is 4.98 Å². The number of nitrogens with zero attached hydrogens (tertiary/aromatic N) is 1. The first-order valence-corrected chi connectivity index (χ1v) is 16.3. The molecule has 47 heavy (non-hydrogen) atoms. The summed E-state index contributed by atoms with van der Waals surface area (Å²) in [5.41, 5.74) is 16.2. The van der Waals surface area contributed by atoms with Crippen molar-refractivity contribution in [2.45, 2.75) is 26.7 Å². The fourth-order valence-electron chi connectivity index (χ4n) is 6.59. The van der Waals surface area contributed by atoms with Crippen LogP contribution < -0.4 is 5.32 Å². The van der Waals surface area contributed by atoms with E-state index < -0.39 is 0 Å². The second-order valence-electron chi connectivity index (χ2n) is 12.1. The zero-order chi connectivity index (χ0) is 32.2. The molecule has 7 rings (SSSR count). The normalized spacial score (nSPS) is 12.7. The van der Waals surface area contributed by atoms with E-state index in [0.29, 0.717) is 0 Å². The Morgan fingerprint density at radius 1 is 0.745 bits per heavy atom. The SMILES string of the molecule is C=C(C/C=C\C)c1c(NC2=C(C)Cc3cccc(-c4cc(-c5ccccc5)nc5ccccc45)c3C=C2)cccc1-c1ccccc1. The summed E-state index contributed by atoms with van der Waals surface area (Å²) in [7, 11) is 0. The van der Waals surface area contributed by atoms with Gasteiger partial charge >= 0.3 is 0 Å². The summed E-state index contributed by atoms with van der Waals surface area (Å²) in [5, 5.41) is 5.01. The van der Waals surface area contributed by atoms with Crippen molar-refractivity contribution in [3.05, 3.63) is 180 Å². The Labute approximate surface area is 278 Å². The number of allylic oxidation sites excluding steroid dienone is 5. The Hall–Kier alpha value is -5.73. The van der Waals surface area contributed by atoms with Crippen molar-refractivity contribution in [2.24, 2.45) is 0 Å². The predicted molar refractivity (Wildman–Crippen MR) is 202 cm³/mol. The van der Waals surface area contributed by atoms with E-state index in [-0.39, 0.29) is 0 Å². The third-order valence-electron chi connectivity index (χ3n) is 8.98. The molecule has 0 saturated carbocycles. The molecule has 228 valence electrons. The largest absolute Gasteiger partial charge is 0.355 e. The Morgan fingerprint density at radius 3 is 2.23 bits per heavy atom. The molecule has 2 nitrogen and oxygen atoms in total. The molecule has 0 atom stereocenters. The number of nitrogens with one attached hydrogen (secondary N) is 1. The van der Waals surface area contributed by atoms with Gasteiger partial charge < -0.3 is 5.32 Å². The van der Waals surface area contributed by atoms with E-state index in [4.69, 9.17) is 4.98 Å². The molecule has 0 aliphatic heterocycles. The number of hydrogen-bond acceptors (Lipinski definition) is 2. The summed E-state index contributed by atoms with van der Waals surface area (Å²) in [6, 6.07) is 45.0. The molecule has 0 unspecified atom stereocenters. The molecule has 1 aliphatic carbocycles. The summed E-state index contributed by atoms with van der Waals surface area (Å²) in [6.07, 6.45) is 10.4. The van der Waals surface area contributed by atoms with Crippen LogP contribution in [0.2, 0.25) is 0 Å². The van der Waals surface area contributed by atoms with Gasteiger partial charge in [-0.25, -0.2) is 4.98 Å². The first-order chi connectivity index (χ1) is 23.1. The fourth-order valence-corrected chi connectivity index (χ4v) is 6.59. The Kier molecular flexibility index (Phi) is 8.49. The average Bonchev–Trinajstić information content (AvgIpc) is 3.28. The second-order valence-corrected chi connectivity index (χ2v) is 12.1. The van der Waals surface area contributed by atoms with E-state index in [1.54, 1.807) is 0 Å². The summed E-state index contributed by atoms with van der Waals surface area (Å²) in [5.74, 6) is 0. The topological polar surface area (TPSA) is 24.9 Å². The van der Waals surface area contributed by atoms with E-state index in [9.17, 15) is 0 Å². The number of hydrogen-bond donors (Lipinski definition) is 1. The highest BCUT2D eigenvalue weighted by Crippen LogP contribution is 2.39. The van der Waals surface area contributed by atoms with Gasteiger partial charge in [0.2, 0.25) is 0 Å². The van der Waals surface area contributed by atoms with Crippen molar-refractivity contribution in [1.29, 1.82) is 0 Å². The average molecular weight is 607 g/mol. The highest BCUT2D eigenvalue weighted by atomic mass is 14.9. The zero-order valence-corrected chi connectivity index (χ0v) is 27.0. The van der Waals surface area contributed by atoms with Gasteiger partial charge in [-0.15, -0.1) is 0 Å². The molecule has 0 bridgehead atoms. The lowest BCUT2D eigenvalue weighted by atomic mass is 9.90. The van der Waals surface area contributed by atoms with Gasteiger partial charge in [0.05, 0.1) is 11.2 Å². The molecule has 6 aromatic rings. The van der Waals surface area contributed by atoms with Gasteiger partial charge in [-0.05, 0) is 95.5 Å². The monoisotopic (exact) mass is 606 g/mol. The van der Waals surface area contributed by atoms with Crippen LogP contribution in [0.15, 0.2) is 163 Å². The molecule has 1 aromatic heterocycles. The van der Waals surface area contributed by atoms with E-state index in [0.717, 1.165) is 57.5 Å². The second kappa shape index (κ2) is 13.3. The standard InChI is InChI=1S/C45H38N2/c1-4-5-16-31(2)45-37(33-17-8-6-9-18-33)23-15-26-43(45)46-41-28-27-36-35(29-32(41)3)21-14-24-38(36)40-30-44(34-19-10-7-11-20-34)47-42-25-13-12-22-39(40)42/h4-15,17-28,30,46H,2,16,29H2,1,3H3/b5-4-. The van der Waals surface area contributed by atoms with E-state index in [1.807, 2.05) is 6.07 Å². The molecule has 0 spiro atoms. The van der Waals surface area contributed by atoms with Gasteiger partial charge in [-0.3, -0.25) is 0 Å². The van der Waals surface area contributed by atoms with Crippen molar-refractivity contribution in [3.8, 4) is 33.5 Å². The summed E-state index contributed by atoms with van der Waals surface area (Å²) < 4.78 is 0. The van der Waals surface area contributed by atoms with E-state index >= 15 is 0 Å². The number of pyridine rings is 1. The van der Waals surface area contributed by atoms with Gasteiger partial charge in [0.1, 0.15) is 0 Å². The van der Waals surface area contributed by atoms with Crippen molar-refractivity contribution >= 4 is 28.2 Å². The smallest absolute Gasteiger partial charge is 0.0715 e. The third kappa shape index (κ3) is 6.11. The van der Waals surface area contributed by atoms with Crippen LogP contribution in [0.1, 0.15) is 37.0 Å². The maximum absolute atomic E-state index is 5.06. The van der Waals surface area contributed by atoms with Gasteiger partial charge in [0.15, 0.2) is 0 Å². The first-order valence-electron chi connectivity index (χ1n) is 16.3. The fraction of sp³-hybridized carbons (Fsp3) is 0.0889. The van der Waals surface area contributed by atoms with Gasteiger partial charge in [0, 0.05) is 27.9 Å². The lowest BCUT2D eigenvalue weighted by Gasteiger charge is -2.19. The highest BCUT2D eigenvalue weighted by molar-refractivity contribution is 5.99. The van der Waals surface area contributed by atoms with Crippen LogP contribution in [0.3, 0.4) is 0 Å². The van der Waals surface area contributed by atoms with Crippen LogP contribution in [0.4, 0.5) is 5.69 Å². The summed E-state index contributed by atoms with van der Waals surface area (Å²) >= 11 is 0. The molecular formula is C45H38N2. The lowest BCUT2D eigenvalue weighted by molar-refractivity contribution is 1.12. The van der Waals surface area contributed by atoms with Crippen LogP contribution in [0, 0.1) is 0 Å². The maximum Gasteiger partial charge on any atom is 0.0715 e. The quantitative estimate of drug-likeness (QED) is 0.174. The van der Waals surface area contributed by atoms with Crippen molar-refractivity contribution in [2.75, 3.05) is 5.32 Å². The minimum absolute atomic E-state index is 0.794. The maximum atomic E-state index is 5.06. The molecular weight excluding hydrogens is 569 g/mol. The van der Waals surface area contributed by atoms with Crippen LogP contribution in [0.25, 0.3) is 56.1 Å². The molecule has 1 heterocycles. The lowest BCUT2D eigenvalue weighted by Crippen LogP contribution is -2.04. The first kappa shape index (κ1) is 30.0. The van der Waals surface area contributed by atoms with Crippen LogP contribution in [-0.2, 0) is 6.42 Å². The predicted octanol–water partition coefficient (Wildman–Crippen LogP) is 12.2. The molecule has 0 saturated heterocycles. The molecule has 2 heteroatoms. The molecule has 1 N–H and O–H groups in total. The Morgan fingerprint density at radius 2 is 1.45 bits per heavy atom. The number of fused-ring (bicyclic) bond motifs is 2. The third-order valence-corrected chi connectivity index (χ3v) is 8.98. The number of aromatic nitrogens is 1. The molecule has 1 aliphatic rings. The van der Waals surface area contributed by atoms with Crippen LogP contribution in [0.5, 0.6) is 0 Å². The highest BCUT2D eigenvalue weighted by Gasteiger charge is 2.18. The van der Waals surface area contributed by atoms with Crippen LogP contribution >= 0.6 is 0 Å².